The lowest BCUT2D eigenvalue weighted by Crippen LogP contribution is -2.14. The normalized spacial score (nSPS) is 12.0. The van der Waals surface area contributed by atoms with Crippen LogP contribution in [0.4, 0.5) is 0 Å². The van der Waals surface area contributed by atoms with Gasteiger partial charge in [-0.15, -0.1) is 0 Å². The molecule has 5 nitrogen and oxygen atoms in total. The summed E-state index contributed by atoms with van der Waals surface area (Å²) in [5, 5.41) is 19.8. The van der Waals surface area contributed by atoms with E-state index in [-0.39, 0.29) is 0 Å². The van der Waals surface area contributed by atoms with E-state index in [9.17, 15) is 0 Å². The van der Waals surface area contributed by atoms with Crippen molar-refractivity contribution in [1.29, 1.82) is 5.26 Å². The molecule has 5 heteroatoms. The molecule has 22 heavy (non-hydrogen) atoms. The van der Waals surface area contributed by atoms with Crippen LogP contribution in [0.5, 0.6) is 5.75 Å². The fourth-order valence-electron chi connectivity index (χ4n) is 1.98. The zero-order valence-corrected chi connectivity index (χ0v) is 12.5. The number of ether oxygens (including phenoxy) is 3. The largest absolute Gasteiger partial charge is 0.491 e. The molecule has 116 valence electrons. The van der Waals surface area contributed by atoms with Crippen LogP contribution in [0, 0.1) is 11.3 Å². The summed E-state index contributed by atoms with van der Waals surface area (Å²) in [5.41, 5.74) is 0.647. The molecule has 0 saturated heterocycles. The SMILES string of the molecule is CC(O)OCCOCCOc1ccc2cc(C#N)ccc2c1. The molecule has 0 fully saturated rings. The number of nitriles is 1. The van der Waals surface area contributed by atoms with E-state index in [1.54, 1.807) is 13.0 Å². The fourth-order valence-corrected chi connectivity index (χ4v) is 1.98. The van der Waals surface area contributed by atoms with Gasteiger partial charge in [-0.2, -0.15) is 5.26 Å². The molecule has 0 aliphatic rings. The fraction of sp³-hybridized carbons (Fsp3) is 0.353. The number of rotatable bonds is 8. The van der Waals surface area contributed by atoms with Gasteiger partial charge in [0.2, 0.25) is 0 Å². The van der Waals surface area contributed by atoms with Crippen LogP contribution in [0.25, 0.3) is 10.8 Å². The van der Waals surface area contributed by atoms with Crippen LogP contribution < -0.4 is 4.74 Å². The molecular weight excluding hydrogens is 282 g/mol. The van der Waals surface area contributed by atoms with E-state index in [1.807, 2.05) is 30.3 Å². The summed E-state index contributed by atoms with van der Waals surface area (Å²) >= 11 is 0. The summed E-state index contributed by atoms with van der Waals surface area (Å²) in [6.07, 6.45) is -0.765. The van der Waals surface area contributed by atoms with Crippen LogP contribution >= 0.6 is 0 Å². The van der Waals surface area contributed by atoms with E-state index in [1.165, 1.54) is 0 Å². The molecule has 0 spiro atoms. The third kappa shape index (κ3) is 5.01. The van der Waals surface area contributed by atoms with Gasteiger partial charge in [-0.1, -0.05) is 12.1 Å². The van der Waals surface area contributed by atoms with Crippen LogP contribution in [-0.2, 0) is 9.47 Å². The van der Waals surface area contributed by atoms with Gasteiger partial charge < -0.3 is 19.3 Å². The molecule has 2 aromatic rings. The second kappa shape index (κ2) is 8.35. The standard InChI is InChI=1S/C17H19NO4/c1-13(19)21-8-6-20-7-9-22-17-5-4-15-10-14(12-18)2-3-16(15)11-17/h2-5,10-11,13,19H,6-9H2,1H3. The Morgan fingerprint density at radius 1 is 1.05 bits per heavy atom. The average molecular weight is 301 g/mol. The zero-order valence-electron chi connectivity index (χ0n) is 12.5. The van der Waals surface area contributed by atoms with Crippen molar-refractivity contribution in [2.24, 2.45) is 0 Å². The maximum absolute atomic E-state index is 8.90. The second-order valence-corrected chi connectivity index (χ2v) is 4.77. The third-order valence-electron chi connectivity index (χ3n) is 3.02. The monoisotopic (exact) mass is 301 g/mol. The maximum Gasteiger partial charge on any atom is 0.151 e. The van der Waals surface area contributed by atoms with Crippen molar-refractivity contribution in [1.82, 2.24) is 0 Å². The highest BCUT2D eigenvalue weighted by atomic mass is 16.6. The molecule has 0 saturated carbocycles. The first kappa shape index (κ1) is 16.2. The summed E-state index contributed by atoms with van der Waals surface area (Å²) in [6.45, 7) is 3.23. The number of aliphatic hydroxyl groups is 1. The predicted octanol–water partition coefficient (Wildman–Crippen LogP) is 2.46. The molecule has 0 heterocycles. The predicted molar refractivity (Wildman–Crippen MR) is 82.6 cm³/mol. The van der Waals surface area contributed by atoms with Crippen molar-refractivity contribution in [3.05, 3.63) is 42.0 Å². The van der Waals surface area contributed by atoms with Gasteiger partial charge >= 0.3 is 0 Å². The Morgan fingerprint density at radius 3 is 2.55 bits per heavy atom. The van der Waals surface area contributed by atoms with Crippen molar-refractivity contribution in [2.45, 2.75) is 13.2 Å². The molecular formula is C17H19NO4. The van der Waals surface area contributed by atoms with Crippen molar-refractivity contribution in [2.75, 3.05) is 26.4 Å². The topological polar surface area (TPSA) is 71.7 Å². The van der Waals surface area contributed by atoms with Crippen LogP contribution in [-0.4, -0.2) is 37.8 Å². The molecule has 0 radical (unpaired) electrons. The first-order valence-electron chi connectivity index (χ1n) is 7.13. The lowest BCUT2D eigenvalue weighted by Gasteiger charge is -2.09. The van der Waals surface area contributed by atoms with E-state index < -0.39 is 6.29 Å². The van der Waals surface area contributed by atoms with Gasteiger partial charge in [-0.05, 0) is 42.0 Å². The Bertz CT molecular complexity index is 649. The van der Waals surface area contributed by atoms with E-state index in [4.69, 9.17) is 24.6 Å². The van der Waals surface area contributed by atoms with E-state index >= 15 is 0 Å². The zero-order chi connectivity index (χ0) is 15.8. The second-order valence-electron chi connectivity index (χ2n) is 4.77. The average Bonchev–Trinajstić information content (AvgIpc) is 2.53. The first-order valence-corrected chi connectivity index (χ1v) is 7.13. The molecule has 0 amide bonds. The lowest BCUT2D eigenvalue weighted by atomic mass is 10.1. The Labute approximate surface area is 129 Å². The minimum atomic E-state index is -0.765. The van der Waals surface area contributed by atoms with Gasteiger partial charge in [0.05, 0.1) is 31.5 Å². The minimum Gasteiger partial charge on any atom is -0.491 e. The van der Waals surface area contributed by atoms with Gasteiger partial charge in [0, 0.05) is 0 Å². The van der Waals surface area contributed by atoms with E-state index in [0.717, 1.165) is 16.5 Å². The van der Waals surface area contributed by atoms with Gasteiger partial charge in [0.15, 0.2) is 6.29 Å². The van der Waals surface area contributed by atoms with Crippen molar-refractivity contribution in [3.63, 3.8) is 0 Å². The molecule has 0 aliphatic carbocycles. The van der Waals surface area contributed by atoms with E-state index in [2.05, 4.69) is 6.07 Å². The minimum absolute atomic E-state index is 0.356. The summed E-state index contributed by atoms with van der Waals surface area (Å²) in [4.78, 5) is 0. The summed E-state index contributed by atoms with van der Waals surface area (Å²) < 4.78 is 15.9. The summed E-state index contributed by atoms with van der Waals surface area (Å²) in [6, 6.07) is 13.4. The molecule has 0 aliphatic heterocycles. The highest BCUT2D eigenvalue weighted by Crippen LogP contribution is 2.21. The summed E-state index contributed by atoms with van der Waals surface area (Å²) in [5.74, 6) is 0.765. The van der Waals surface area contributed by atoms with Crippen LogP contribution in [0.1, 0.15) is 12.5 Å². The van der Waals surface area contributed by atoms with Crippen molar-refractivity contribution < 1.29 is 19.3 Å². The number of nitrogens with zero attached hydrogens (tertiary/aromatic N) is 1. The number of aliphatic hydroxyl groups excluding tert-OH is 1. The number of fused-ring (bicyclic) bond motifs is 1. The Kier molecular flexibility index (Phi) is 6.16. The Hall–Kier alpha value is -2.13. The van der Waals surface area contributed by atoms with Crippen molar-refractivity contribution in [3.8, 4) is 11.8 Å². The third-order valence-corrected chi connectivity index (χ3v) is 3.02. The van der Waals surface area contributed by atoms with Gasteiger partial charge in [-0.3, -0.25) is 0 Å². The van der Waals surface area contributed by atoms with Gasteiger partial charge in [0.25, 0.3) is 0 Å². The highest BCUT2D eigenvalue weighted by Gasteiger charge is 2.00. The van der Waals surface area contributed by atoms with Gasteiger partial charge in [0.1, 0.15) is 12.4 Å². The number of benzene rings is 2. The highest BCUT2D eigenvalue weighted by molar-refractivity contribution is 5.85. The van der Waals surface area contributed by atoms with Crippen LogP contribution in [0.2, 0.25) is 0 Å². The summed E-state index contributed by atoms with van der Waals surface area (Å²) in [7, 11) is 0. The smallest absolute Gasteiger partial charge is 0.151 e. The molecule has 2 aromatic carbocycles. The molecule has 0 aromatic heterocycles. The van der Waals surface area contributed by atoms with Crippen molar-refractivity contribution >= 4 is 10.8 Å². The van der Waals surface area contributed by atoms with Gasteiger partial charge in [-0.25, -0.2) is 0 Å². The quantitative estimate of drug-likeness (QED) is 0.599. The van der Waals surface area contributed by atoms with E-state index in [0.29, 0.717) is 32.0 Å². The first-order chi connectivity index (χ1) is 10.7. The molecule has 2 rings (SSSR count). The Morgan fingerprint density at radius 2 is 1.77 bits per heavy atom. The lowest BCUT2D eigenvalue weighted by molar-refractivity contribution is -0.100. The molecule has 0 bridgehead atoms. The molecule has 1 atom stereocenters. The number of hydrogen-bond acceptors (Lipinski definition) is 5. The maximum atomic E-state index is 8.90. The molecule has 1 unspecified atom stereocenters. The van der Waals surface area contributed by atoms with Crippen LogP contribution in [0.15, 0.2) is 36.4 Å². The Balaban J connectivity index is 1.77. The number of hydrogen-bond donors (Lipinski definition) is 1. The molecule has 1 N–H and O–H groups in total. The van der Waals surface area contributed by atoms with Crippen LogP contribution in [0.3, 0.4) is 0 Å².